The Morgan fingerprint density at radius 3 is 2.58 bits per heavy atom. The fraction of sp³-hybridized carbons (Fsp3) is 0.562. The van der Waals surface area contributed by atoms with Crippen molar-refractivity contribution < 1.29 is 39.9 Å². The van der Waals surface area contributed by atoms with Gasteiger partial charge in [0.2, 0.25) is 0 Å². The number of carbonyl (C=O) groups is 2. The molecule has 0 spiro atoms. The topological polar surface area (TPSA) is 212 Å². The van der Waals surface area contributed by atoms with Crippen molar-refractivity contribution in [2.45, 2.75) is 48.8 Å². The van der Waals surface area contributed by atoms with Crippen molar-refractivity contribution in [2.24, 2.45) is 0 Å². The third-order valence-corrected chi connectivity index (χ3v) is 5.19. The van der Waals surface area contributed by atoms with E-state index in [0.29, 0.717) is 0 Å². The number of thioether (sulfide) groups is 1. The van der Waals surface area contributed by atoms with Gasteiger partial charge in [-0.1, -0.05) is 11.8 Å². The summed E-state index contributed by atoms with van der Waals surface area (Å²) in [6.07, 6.45) is -3.20. The van der Waals surface area contributed by atoms with Crippen molar-refractivity contribution in [1.82, 2.24) is 24.8 Å². The highest BCUT2D eigenvalue weighted by atomic mass is 32.2. The molecule has 15 heteroatoms. The number of imidazole rings is 1. The van der Waals surface area contributed by atoms with Crippen molar-refractivity contribution in [3.63, 3.8) is 0 Å². The number of amides is 2. The third kappa shape index (κ3) is 4.56. The van der Waals surface area contributed by atoms with E-state index in [1.54, 1.807) is 6.26 Å². The van der Waals surface area contributed by atoms with Gasteiger partial charge in [0.05, 0.1) is 19.0 Å². The summed E-state index contributed by atoms with van der Waals surface area (Å²) in [5, 5.41) is 53.0. The number of fused-ring (bicyclic) bond motifs is 1. The number of aliphatic carboxylic acids is 1. The van der Waals surface area contributed by atoms with E-state index in [1.807, 2.05) is 0 Å². The number of carbonyl (C=O) groups excluding carboxylic acids is 1. The van der Waals surface area contributed by atoms with E-state index in [9.17, 15) is 30.0 Å². The van der Waals surface area contributed by atoms with Crippen LogP contribution in [0.3, 0.4) is 0 Å². The minimum atomic E-state index is -1.55. The van der Waals surface area contributed by atoms with Crippen molar-refractivity contribution in [3.8, 4) is 0 Å². The molecule has 6 atom stereocenters. The first-order chi connectivity index (χ1) is 14.7. The van der Waals surface area contributed by atoms with Gasteiger partial charge in [-0.05, 0) is 13.2 Å². The van der Waals surface area contributed by atoms with Gasteiger partial charge >= 0.3 is 12.0 Å². The minimum Gasteiger partial charge on any atom is -0.480 e. The quantitative estimate of drug-likeness (QED) is 0.179. The summed E-state index contributed by atoms with van der Waals surface area (Å²) in [5.41, 5.74) is 0.268. The molecule has 0 aromatic carbocycles. The van der Waals surface area contributed by atoms with Gasteiger partial charge in [-0.25, -0.2) is 24.5 Å². The maximum Gasteiger partial charge on any atom is 0.328 e. The summed E-state index contributed by atoms with van der Waals surface area (Å²) in [6.45, 7) is 0.712. The van der Waals surface area contributed by atoms with E-state index >= 15 is 0 Å². The zero-order valence-corrected chi connectivity index (χ0v) is 17.2. The highest BCUT2D eigenvalue weighted by Crippen LogP contribution is 2.33. The predicted octanol–water partition coefficient (Wildman–Crippen LogP) is -1.88. The molecule has 1 aliphatic heterocycles. The van der Waals surface area contributed by atoms with Crippen LogP contribution in [0.15, 0.2) is 11.5 Å². The second kappa shape index (κ2) is 9.29. The molecule has 1 unspecified atom stereocenters. The molecule has 2 aromatic rings. The second-order valence-electron chi connectivity index (χ2n) is 6.77. The Hall–Kier alpha value is -2.56. The first-order valence-electron chi connectivity index (χ1n) is 9.07. The summed E-state index contributed by atoms with van der Waals surface area (Å²) in [4.78, 5) is 36.1. The average Bonchev–Trinajstić information content (AvgIpc) is 3.26. The number of hydrogen-bond acceptors (Lipinski definition) is 11. The number of nitrogens with zero attached hydrogens (tertiary/aromatic N) is 4. The molecule has 2 aromatic heterocycles. The van der Waals surface area contributed by atoms with Crippen LogP contribution in [0.1, 0.15) is 13.2 Å². The SMILES string of the molecule is CSc1nc(NC(=O)N[C@H](C(=O)O)C(C)O)c2ncn([C@@H]3O[C@H](CO)[C@@H](O)[C@H]3O)c2n1. The lowest BCUT2D eigenvalue weighted by atomic mass is 10.1. The van der Waals surface area contributed by atoms with Crippen LogP contribution in [0.2, 0.25) is 0 Å². The fourth-order valence-electron chi connectivity index (χ4n) is 3.04. The molecule has 0 radical (unpaired) electrons. The maximum atomic E-state index is 12.3. The molecule has 170 valence electrons. The van der Waals surface area contributed by atoms with Crippen LogP contribution in [0.5, 0.6) is 0 Å². The van der Waals surface area contributed by atoms with E-state index in [-0.39, 0.29) is 22.1 Å². The number of rotatable bonds is 7. The van der Waals surface area contributed by atoms with Crippen LogP contribution >= 0.6 is 11.8 Å². The van der Waals surface area contributed by atoms with Crippen LogP contribution in [-0.4, -0.2) is 100 Å². The van der Waals surface area contributed by atoms with E-state index in [2.05, 4.69) is 25.6 Å². The third-order valence-electron chi connectivity index (χ3n) is 4.64. The molecule has 0 aliphatic carbocycles. The van der Waals surface area contributed by atoms with Crippen molar-refractivity contribution in [2.75, 3.05) is 18.2 Å². The molecule has 1 aliphatic rings. The molecule has 3 heterocycles. The first-order valence-corrected chi connectivity index (χ1v) is 10.3. The first kappa shape index (κ1) is 23.1. The van der Waals surface area contributed by atoms with Gasteiger partial charge in [0.15, 0.2) is 34.4 Å². The zero-order valence-electron chi connectivity index (χ0n) is 16.4. The monoisotopic (exact) mass is 458 g/mol. The van der Waals surface area contributed by atoms with Crippen LogP contribution < -0.4 is 10.6 Å². The smallest absolute Gasteiger partial charge is 0.328 e. The van der Waals surface area contributed by atoms with Crippen LogP contribution in [0.25, 0.3) is 11.2 Å². The fourth-order valence-corrected chi connectivity index (χ4v) is 3.40. The highest BCUT2D eigenvalue weighted by molar-refractivity contribution is 7.98. The lowest BCUT2D eigenvalue weighted by Gasteiger charge is -2.18. The van der Waals surface area contributed by atoms with E-state index in [4.69, 9.17) is 9.84 Å². The maximum absolute atomic E-state index is 12.3. The summed E-state index contributed by atoms with van der Waals surface area (Å²) < 4.78 is 6.83. The van der Waals surface area contributed by atoms with Gasteiger partial charge in [0, 0.05) is 0 Å². The molecule has 1 saturated heterocycles. The van der Waals surface area contributed by atoms with Gasteiger partial charge in [0.25, 0.3) is 0 Å². The molecule has 7 N–H and O–H groups in total. The number of anilines is 1. The van der Waals surface area contributed by atoms with Gasteiger partial charge in [-0.3, -0.25) is 9.88 Å². The number of aliphatic hydroxyl groups is 4. The van der Waals surface area contributed by atoms with Crippen LogP contribution in [0.4, 0.5) is 10.6 Å². The average molecular weight is 458 g/mol. The van der Waals surface area contributed by atoms with Crippen LogP contribution in [0, 0.1) is 0 Å². The Kier molecular flexibility index (Phi) is 6.93. The molecule has 3 rings (SSSR count). The van der Waals surface area contributed by atoms with Gasteiger partial charge in [-0.2, -0.15) is 0 Å². The molecule has 0 saturated carbocycles. The predicted molar refractivity (Wildman–Crippen MR) is 105 cm³/mol. The lowest BCUT2D eigenvalue weighted by molar-refractivity contribution is -0.141. The largest absolute Gasteiger partial charge is 0.480 e. The number of nitrogens with one attached hydrogen (secondary N) is 2. The number of carboxylic acid groups (broad SMARTS) is 1. The molecule has 0 bridgehead atoms. The number of aliphatic hydroxyl groups excluding tert-OH is 4. The molecule has 14 nitrogen and oxygen atoms in total. The minimum absolute atomic E-state index is 0.0490. The number of hydrogen-bond donors (Lipinski definition) is 7. The lowest BCUT2D eigenvalue weighted by Crippen LogP contribution is -2.49. The number of aromatic nitrogens is 4. The standard InChI is InChI=1S/C16H22N6O8S/c1-5(24)7(14(27)28)18-15(29)19-11-8-12(21-16(20-11)31-2)22(4-17-8)13-10(26)9(25)6(3-23)30-13/h4-7,9-10,13,23-26H,3H2,1-2H3,(H,27,28)(H2,18,19,20,21,29)/t5?,6-,7+,9-,10-,13-/m1/s1. The summed E-state index contributed by atoms with van der Waals surface area (Å²) in [7, 11) is 0. The number of urea groups is 1. The Balaban J connectivity index is 1.93. The van der Waals surface area contributed by atoms with Crippen LogP contribution in [-0.2, 0) is 9.53 Å². The van der Waals surface area contributed by atoms with Crippen molar-refractivity contribution in [1.29, 1.82) is 0 Å². The Labute approximate surface area is 179 Å². The Morgan fingerprint density at radius 1 is 1.32 bits per heavy atom. The van der Waals surface area contributed by atoms with Gasteiger partial charge in [-0.15, -0.1) is 0 Å². The van der Waals surface area contributed by atoms with Gasteiger partial charge < -0.3 is 35.6 Å². The molecule has 1 fully saturated rings. The number of carboxylic acids is 1. The molecule has 2 amide bonds. The Morgan fingerprint density at radius 2 is 2.03 bits per heavy atom. The normalized spacial score (nSPS) is 25.4. The summed E-state index contributed by atoms with van der Waals surface area (Å²) in [6, 6.07) is -2.49. The molecule has 31 heavy (non-hydrogen) atoms. The van der Waals surface area contributed by atoms with E-state index < -0.39 is 55.3 Å². The summed E-state index contributed by atoms with van der Waals surface area (Å²) in [5.74, 6) is -1.47. The summed E-state index contributed by atoms with van der Waals surface area (Å²) >= 11 is 1.15. The van der Waals surface area contributed by atoms with Crippen molar-refractivity contribution >= 4 is 40.7 Å². The highest BCUT2D eigenvalue weighted by Gasteiger charge is 2.44. The molecular formula is C16H22N6O8S. The molecular weight excluding hydrogens is 436 g/mol. The van der Waals surface area contributed by atoms with E-state index in [1.165, 1.54) is 17.8 Å². The van der Waals surface area contributed by atoms with E-state index in [0.717, 1.165) is 11.8 Å². The van der Waals surface area contributed by atoms with Gasteiger partial charge in [0.1, 0.15) is 18.3 Å². The zero-order chi connectivity index (χ0) is 22.9. The number of ether oxygens (including phenoxy) is 1. The Bertz CT molecular complexity index is 971. The van der Waals surface area contributed by atoms with Crippen molar-refractivity contribution in [3.05, 3.63) is 6.33 Å². The second-order valence-corrected chi connectivity index (χ2v) is 7.54.